The van der Waals surface area contributed by atoms with Gasteiger partial charge in [0, 0.05) is 18.2 Å². The summed E-state index contributed by atoms with van der Waals surface area (Å²) < 4.78 is 5.39. The highest BCUT2D eigenvalue weighted by Gasteiger charge is 2.03. The third-order valence-corrected chi connectivity index (χ3v) is 2.50. The normalized spacial score (nSPS) is 10.3. The van der Waals surface area contributed by atoms with Crippen LogP contribution in [0, 0.1) is 0 Å². The SMILES string of the molecule is CCOc1cccc(Cc2c[nH]c(=O)[nH]c2=O)c1. The van der Waals surface area contributed by atoms with Crippen LogP contribution in [-0.4, -0.2) is 16.6 Å². The lowest BCUT2D eigenvalue weighted by atomic mass is 10.1. The van der Waals surface area contributed by atoms with Gasteiger partial charge in [-0.2, -0.15) is 0 Å². The minimum Gasteiger partial charge on any atom is -0.494 e. The van der Waals surface area contributed by atoms with E-state index in [1.54, 1.807) is 0 Å². The molecule has 0 amide bonds. The highest BCUT2D eigenvalue weighted by atomic mass is 16.5. The Morgan fingerprint density at radius 2 is 2.11 bits per heavy atom. The number of ether oxygens (including phenoxy) is 1. The van der Waals surface area contributed by atoms with Crippen LogP contribution < -0.4 is 16.0 Å². The summed E-state index contributed by atoms with van der Waals surface area (Å²) in [5.41, 5.74) is 0.620. The van der Waals surface area contributed by atoms with Crippen molar-refractivity contribution in [2.24, 2.45) is 0 Å². The predicted molar refractivity (Wildman–Crippen MR) is 68.1 cm³/mol. The van der Waals surface area contributed by atoms with Gasteiger partial charge < -0.3 is 9.72 Å². The zero-order valence-corrected chi connectivity index (χ0v) is 10.0. The Bertz CT molecular complexity index is 643. The van der Waals surface area contributed by atoms with Crippen LogP contribution in [0.2, 0.25) is 0 Å². The number of rotatable bonds is 4. The van der Waals surface area contributed by atoms with Crippen LogP contribution in [0.4, 0.5) is 0 Å². The highest BCUT2D eigenvalue weighted by Crippen LogP contribution is 2.14. The van der Waals surface area contributed by atoms with Crippen LogP contribution in [0.5, 0.6) is 5.75 Å². The van der Waals surface area contributed by atoms with E-state index in [2.05, 4.69) is 9.97 Å². The van der Waals surface area contributed by atoms with E-state index >= 15 is 0 Å². The van der Waals surface area contributed by atoms with E-state index < -0.39 is 5.69 Å². The van der Waals surface area contributed by atoms with Gasteiger partial charge in [-0.3, -0.25) is 9.78 Å². The predicted octanol–water partition coefficient (Wildman–Crippen LogP) is 1.05. The van der Waals surface area contributed by atoms with Gasteiger partial charge in [0.2, 0.25) is 0 Å². The third kappa shape index (κ3) is 2.88. The minimum atomic E-state index is -0.494. The lowest BCUT2D eigenvalue weighted by Crippen LogP contribution is -2.24. The summed E-state index contributed by atoms with van der Waals surface area (Å²) in [6, 6.07) is 7.53. The van der Waals surface area contributed by atoms with Crippen LogP contribution in [0.25, 0.3) is 0 Å². The van der Waals surface area contributed by atoms with Crippen molar-refractivity contribution < 1.29 is 4.74 Å². The number of aromatic nitrogens is 2. The monoisotopic (exact) mass is 246 g/mol. The van der Waals surface area contributed by atoms with Crippen molar-refractivity contribution in [1.29, 1.82) is 0 Å². The van der Waals surface area contributed by atoms with Crippen molar-refractivity contribution in [3.05, 3.63) is 62.4 Å². The molecule has 0 bridgehead atoms. The molecule has 2 N–H and O–H groups in total. The topological polar surface area (TPSA) is 75.0 Å². The van der Waals surface area contributed by atoms with Crippen LogP contribution in [0.15, 0.2) is 40.1 Å². The van der Waals surface area contributed by atoms with Crippen molar-refractivity contribution in [2.45, 2.75) is 13.3 Å². The molecule has 94 valence electrons. The van der Waals surface area contributed by atoms with E-state index in [4.69, 9.17) is 4.74 Å². The summed E-state index contributed by atoms with van der Waals surface area (Å²) in [7, 11) is 0. The van der Waals surface area contributed by atoms with Crippen molar-refractivity contribution >= 4 is 0 Å². The van der Waals surface area contributed by atoms with Gasteiger partial charge in [-0.25, -0.2) is 4.79 Å². The number of hydrogen-bond donors (Lipinski definition) is 2. The van der Waals surface area contributed by atoms with Crippen molar-refractivity contribution in [3.8, 4) is 5.75 Å². The minimum absolute atomic E-state index is 0.361. The molecule has 0 atom stereocenters. The van der Waals surface area contributed by atoms with Crippen molar-refractivity contribution in [3.63, 3.8) is 0 Å². The van der Waals surface area contributed by atoms with E-state index in [9.17, 15) is 9.59 Å². The molecule has 0 unspecified atom stereocenters. The number of aromatic amines is 2. The average Bonchev–Trinajstić information content (AvgIpc) is 2.34. The molecule has 1 aromatic heterocycles. The maximum atomic E-state index is 11.5. The molecule has 1 heterocycles. The Hall–Kier alpha value is -2.30. The molecule has 18 heavy (non-hydrogen) atoms. The first-order valence-corrected chi connectivity index (χ1v) is 5.71. The molecule has 2 aromatic rings. The molecule has 0 spiro atoms. The smallest absolute Gasteiger partial charge is 0.325 e. The van der Waals surface area contributed by atoms with Gasteiger partial charge in [0.05, 0.1) is 6.61 Å². The molecular weight excluding hydrogens is 232 g/mol. The Kier molecular flexibility index (Phi) is 3.62. The largest absolute Gasteiger partial charge is 0.494 e. The summed E-state index contributed by atoms with van der Waals surface area (Å²) >= 11 is 0. The lowest BCUT2D eigenvalue weighted by Gasteiger charge is -2.05. The highest BCUT2D eigenvalue weighted by molar-refractivity contribution is 5.31. The van der Waals surface area contributed by atoms with Gasteiger partial charge in [0.15, 0.2) is 0 Å². The molecule has 0 aliphatic carbocycles. The zero-order chi connectivity index (χ0) is 13.0. The third-order valence-electron chi connectivity index (χ3n) is 2.50. The maximum Gasteiger partial charge on any atom is 0.325 e. The summed E-state index contributed by atoms with van der Waals surface area (Å²) in [5.74, 6) is 0.774. The second kappa shape index (κ2) is 5.35. The number of H-pyrrole nitrogens is 2. The Morgan fingerprint density at radius 3 is 2.83 bits per heavy atom. The number of nitrogens with one attached hydrogen (secondary N) is 2. The average molecular weight is 246 g/mol. The molecule has 0 aliphatic heterocycles. The molecule has 5 heteroatoms. The summed E-state index contributed by atoms with van der Waals surface area (Å²) in [5, 5.41) is 0. The second-order valence-corrected chi connectivity index (χ2v) is 3.85. The number of benzene rings is 1. The quantitative estimate of drug-likeness (QED) is 0.846. The van der Waals surface area contributed by atoms with Gasteiger partial charge in [0.25, 0.3) is 5.56 Å². The molecule has 0 radical (unpaired) electrons. The van der Waals surface area contributed by atoms with Crippen molar-refractivity contribution in [2.75, 3.05) is 6.61 Å². The Morgan fingerprint density at radius 1 is 1.28 bits per heavy atom. The van der Waals surface area contributed by atoms with E-state index in [0.717, 1.165) is 11.3 Å². The zero-order valence-electron chi connectivity index (χ0n) is 10.0. The first-order chi connectivity index (χ1) is 8.69. The molecule has 0 fully saturated rings. The fourth-order valence-corrected chi connectivity index (χ4v) is 1.70. The lowest BCUT2D eigenvalue weighted by molar-refractivity contribution is 0.340. The maximum absolute atomic E-state index is 11.5. The fraction of sp³-hybridized carbons (Fsp3) is 0.231. The van der Waals surface area contributed by atoms with E-state index in [-0.39, 0.29) is 5.56 Å². The summed E-state index contributed by atoms with van der Waals surface area (Å²) in [4.78, 5) is 27.1. The van der Waals surface area contributed by atoms with E-state index in [1.807, 2.05) is 31.2 Å². The first-order valence-electron chi connectivity index (χ1n) is 5.71. The fourth-order valence-electron chi connectivity index (χ4n) is 1.70. The first kappa shape index (κ1) is 12.2. The molecular formula is C13H14N2O3. The van der Waals surface area contributed by atoms with Gasteiger partial charge in [-0.1, -0.05) is 12.1 Å². The molecule has 0 saturated carbocycles. The molecule has 0 aliphatic rings. The van der Waals surface area contributed by atoms with Crippen LogP contribution in [0.1, 0.15) is 18.1 Å². The van der Waals surface area contributed by atoms with E-state index in [0.29, 0.717) is 18.6 Å². The van der Waals surface area contributed by atoms with Gasteiger partial charge in [-0.15, -0.1) is 0 Å². The standard InChI is InChI=1S/C13H14N2O3/c1-2-18-11-5-3-4-9(7-11)6-10-8-14-13(17)15-12(10)16/h3-5,7-8H,2,6H2,1H3,(H2,14,15,16,17). The van der Waals surface area contributed by atoms with Crippen LogP contribution >= 0.6 is 0 Å². The molecule has 1 aromatic carbocycles. The van der Waals surface area contributed by atoms with Gasteiger partial charge in [0.1, 0.15) is 5.75 Å². The van der Waals surface area contributed by atoms with Gasteiger partial charge >= 0.3 is 5.69 Å². The molecule has 5 nitrogen and oxygen atoms in total. The van der Waals surface area contributed by atoms with Crippen LogP contribution in [0.3, 0.4) is 0 Å². The van der Waals surface area contributed by atoms with E-state index in [1.165, 1.54) is 6.20 Å². The molecule has 0 saturated heterocycles. The van der Waals surface area contributed by atoms with Crippen molar-refractivity contribution in [1.82, 2.24) is 9.97 Å². The number of hydrogen-bond acceptors (Lipinski definition) is 3. The van der Waals surface area contributed by atoms with Gasteiger partial charge in [-0.05, 0) is 24.6 Å². The van der Waals surface area contributed by atoms with Crippen LogP contribution in [-0.2, 0) is 6.42 Å². The Labute approximate surface area is 103 Å². The second-order valence-electron chi connectivity index (χ2n) is 3.85. The molecule has 2 rings (SSSR count). The summed E-state index contributed by atoms with van der Waals surface area (Å²) in [6.07, 6.45) is 1.89. The summed E-state index contributed by atoms with van der Waals surface area (Å²) in [6.45, 7) is 2.52. The Balaban J connectivity index is 2.25.